The van der Waals surface area contributed by atoms with Gasteiger partial charge in [0.25, 0.3) is 0 Å². The van der Waals surface area contributed by atoms with Crippen LogP contribution >= 0.6 is 11.8 Å². The summed E-state index contributed by atoms with van der Waals surface area (Å²) in [6.45, 7) is 0. The lowest BCUT2D eigenvalue weighted by atomic mass is 10.2. The van der Waals surface area contributed by atoms with Gasteiger partial charge in [-0.25, -0.2) is 0 Å². The monoisotopic (exact) mass is 194 g/mol. The Kier molecular flexibility index (Phi) is 3.52. The summed E-state index contributed by atoms with van der Waals surface area (Å²) in [7, 11) is 0. The summed E-state index contributed by atoms with van der Waals surface area (Å²) >= 11 is 1.63. The zero-order valence-electron chi connectivity index (χ0n) is 7.06. The molecule has 4 heteroatoms. The maximum Gasteiger partial charge on any atom is 0.121 e. The quantitative estimate of drug-likeness (QED) is 0.244. The van der Waals surface area contributed by atoms with Gasteiger partial charge in [0.15, 0.2) is 0 Å². The Morgan fingerprint density at radius 1 is 1.46 bits per heavy atom. The van der Waals surface area contributed by atoms with Crippen molar-refractivity contribution in [1.29, 1.82) is 0 Å². The Morgan fingerprint density at radius 2 is 2.08 bits per heavy atom. The maximum atomic E-state index is 9.95. The molecular weight excluding hydrogens is 186 g/mol. The Bertz CT molecular complexity index is 319. The Morgan fingerprint density at radius 3 is 2.54 bits per heavy atom. The molecule has 13 heavy (non-hydrogen) atoms. The number of rotatable bonds is 3. The molecule has 0 unspecified atom stereocenters. The summed E-state index contributed by atoms with van der Waals surface area (Å²) in [6.07, 6.45) is 5.32. The third kappa shape index (κ3) is 3.29. The minimum Gasteiger partial charge on any atom is -0.278 e. The Balaban J connectivity index is 2.75. The third-order valence-electron chi connectivity index (χ3n) is 1.45. The smallest absolute Gasteiger partial charge is 0.121 e. The van der Waals surface area contributed by atoms with Crippen LogP contribution in [0, 0.1) is 16.3 Å². The largest absolute Gasteiger partial charge is 0.278 e. The second-order valence-electron chi connectivity index (χ2n) is 2.30. The van der Waals surface area contributed by atoms with Crippen molar-refractivity contribution >= 4 is 17.8 Å². The van der Waals surface area contributed by atoms with Crippen molar-refractivity contribution in [1.82, 2.24) is 0 Å². The molecule has 0 aliphatic carbocycles. The van der Waals surface area contributed by atoms with Gasteiger partial charge < -0.3 is 0 Å². The molecule has 0 aliphatic rings. The van der Waals surface area contributed by atoms with Crippen LogP contribution in [0.3, 0.4) is 0 Å². The van der Waals surface area contributed by atoms with Gasteiger partial charge in [-0.1, -0.05) is 12.1 Å². The van der Waals surface area contributed by atoms with E-state index in [2.05, 4.69) is 0 Å². The predicted octanol–water partition coefficient (Wildman–Crippen LogP) is 2.46. The second kappa shape index (κ2) is 4.67. The number of thioether (sulfide) groups is 1. The highest BCUT2D eigenvalue weighted by Gasteiger charge is 1.84. The first kappa shape index (κ1) is 9.80. The van der Waals surface area contributed by atoms with E-state index in [1.807, 2.05) is 36.7 Å². The van der Waals surface area contributed by atoms with Gasteiger partial charge >= 0.3 is 0 Å². The van der Waals surface area contributed by atoms with Crippen LogP contribution < -0.4 is 0 Å². The number of hydrogen-bond donors (Lipinski definition) is 0. The molecule has 3 nitrogen and oxygen atoms in total. The first-order valence-corrected chi connectivity index (χ1v) is 4.82. The van der Waals surface area contributed by atoms with Crippen molar-refractivity contribution in [2.75, 3.05) is 6.26 Å². The highest BCUT2D eigenvalue weighted by molar-refractivity contribution is 7.98. The summed E-state index contributed by atoms with van der Waals surface area (Å²) < 4.78 is 0. The fourth-order valence-corrected chi connectivity index (χ4v) is 1.24. The summed E-state index contributed by atoms with van der Waals surface area (Å²) in [6, 6.07) is 7.47. The van der Waals surface area contributed by atoms with Crippen molar-refractivity contribution in [3.8, 4) is 0 Å². The van der Waals surface area contributed by atoms with Gasteiger partial charge in [0.2, 0.25) is 0 Å². The van der Waals surface area contributed by atoms with Crippen LogP contribution in [0.2, 0.25) is 0 Å². The van der Waals surface area contributed by atoms with Crippen molar-refractivity contribution < 1.29 is 4.92 Å². The maximum absolute atomic E-state index is 9.95. The van der Waals surface area contributed by atoms with E-state index in [0.29, 0.717) is 0 Å². The number of benzene rings is 1. The second-order valence-corrected chi connectivity index (χ2v) is 3.18. The molecule has 0 atom stereocenters. The van der Waals surface area contributed by atoms with Gasteiger partial charge in [-0.3, -0.25) is 10.1 Å². The average molecular weight is 194 g/mol. The lowest BCUT2D eigenvalue weighted by Gasteiger charge is -2.01. The van der Waals surface area contributed by atoms with E-state index in [9.17, 15) is 10.1 Å². The summed E-state index contributed by atoms with van der Waals surface area (Å²) in [5.74, 6) is 0. The molecule has 0 saturated carbocycles. The SMILES string of the molecule is CSc1ccc(C=[C-][N+](=O)[O-])cc1. The normalized spacial score (nSPS) is 10.5. The van der Waals surface area contributed by atoms with E-state index >= 15 is 0 Å². The molecule has 0 heterocycles. The molecule has 0 radical (unpaired) electrons. The molecule has 0 aromatic heterocycles. The molecule has 1 aromatic rings. The number of nitro groups is 1. The Hall–Kier alpha value is -1.29. The molecule has 0 N–H and O–H groups in total. The van der Waals surface area contributed by atoms with Gasteiger partial charge in [-0.05, 0) is 11.2 Å². The van der Waals surface area contributed by atoms with E-state index in [1.165, 1.54) is 6.08 Å². The molecule has 68 valence electrons. The minimum absolute atomic E-state index is 0.595. The highest BCUT2D eigenvalue weighted by atomic mass is 32.2. The molecule has 0 amide bonds. The molecule has 1 aromatic carbocycles. The van der Waals surface area contributed by atoms with Crippen LogP contribution in [0.15, 0.2) is 29.2 Å². The first-order chi connectivity index (χ1) is 6.22. The molecule has 1 rings (SSSR count). The molecular formula is C9H8NO2S-. The summed E-state index contributed by atoms with van der Waals surface area (Å²) in [4.78, 5) is 10.5. The van der Waals surface area contributed by atoms with E-state index in [4.69, 9.17) is 0 Å². The molecule has 0 fully saturated rings. The number of hydrogen-bond acceptors (Lipinski definition) is 3. The Labute approximate surface area is 80.6 Å². The number of nitrogens with zero attached hydrogens (tertiary/aromatic N) is 1. The predicted molar refractivity (Wildman–Crippen MR) is 52.9 cm³/mol. The lowest BCUT2D eigenvalue weighted by molar-refractivity contribution is -0.417. The topological polar surface area (TPSA) is 43.1 Å². The van der Waals surface area contributed by atoms with Crippen molar-refractivity contribution in [2.24, 2.45) is 0 Å². The van der Waals surface area contributed by atoms with Crippen LogP contribution in [0.1, 0.15) is 5.56 Å². The van der Waals surface area contributed by atoms with Gasteiger partial charge in [0.1, 0.15) is 6.20 Å². The van der Waals surface area contributed by atoms with E-state index in [-0.39, 0.29) is 0 Å². The van der Waals surface area contributed by atoms with E-state index in [0.717, 1.165) is 10.5 Å². The van der Waals surface area contributed by atoms with Crippen LogP contribution in [-0.2, 0) is 0 Å². The average Bonchev–Trinajstić information content (AvgIpc) is 2.15. The molecule has 0 aliphatic heterocycles. The fourth-order valence-electron chi connectivity index (χ4n) is 0.827. The molecule has 0 bridgehead atoms. The fraction of sp³-hybridized carbons (Fsp3) is 0.111. The van der Waals surface area contributed by atoms with Crippen LogP contribution in [-0.4, -0.2) is 11.2 Å². The van der Waals surface area contributed by atoms with Crippen molar-refractivity contribution in [3.63, 3.8) is 0 Å². The first-order valence-electron chi connectivity index (χ1n) is 3.60. The highest BCUT2D eigenvalue weighted by Crippen LogP contribution is 2.15. The van der Waals surface area contributed by atoms with Gasteiger partial charge in [-0.2, -0.15) is 11.6 Å². The van der Waals surface area contributed by atoms with Gasteiger partial charge in [0.05, 0.1) is 0 Å². The van der Waals surface area contributed by atoms with Crippen LogP contribution in [0.4, 0.5) is 0 Å². The van der Waals surface area contributed by atoms with Gasteiger partial charge in [-0.15, -0.1) is 23.9 Å². The van der Waals surface area contributed by atoms with Crippen LogP contribution in [0.5, 0.6) is 0 Å². The molecule has 0 saturated heterocycles. The van der Waals surface area contributed by atoms with Crippen LogP contribution in [0.25, 0.3) is 6.08 Å². The molecule has 0 spiro atoms. The minimum atomic E-state index is -0.595. The van der Waals surface area contributed by atoms with E-state index < -0.39 is 4.92 Å². The summed E-state index contributed by atoms with van der Waals surface area (Å²) in [5.41, 5.74) is 0.787. The van der Waals surface area contributed by atoms with Crippen molar-refractivity contribution in [2.45, 2.75) is 4.90 Å². The van der Waals surface area contributed by atoms with E-state index in [1.54, 1.807) is 11.8 Å². The zero-order valence-corrected chi connectivity index (χ0v) is 7.88. The van der Waals surface area contributed by atoms with Crippen molar-refractivity contribution in [3.05, 3.63) is 46.1 Å². The summed E-state index contributed by atoms with van der Waals surface area (Å²) in [5, 5.41) is 9.95. The zero-order chi connectivity index (χ0) is 9.68. The third-order valence-corrected chi connectivity index (χ3v) is 2.20. The van der Waals surface area contributed by atoms with Gasteiger partial charge in [0, 0.05) is 4.90 Å². The lowest BCUT2D eigenvalue weighted by Crippen LogP contribution is -1.83. The standard InChI is InChI=1S/C9H8NO2S/c1-13-9-4-2-8(3-5-9)6-7-10(11)12/h2-6H,1H3/q-1.